The second-order valence-corrected chi connectivity index (χ2v) is 8.58. The van der Waals surface area contributed by atoms with Crippen molar-refractivity contribution in [3.05, 3.63) is 18.2 Å². The van der Waals surface area contributed by atoms with Crippen LogP contribution in [-0.2, 0) is 9.59 Å². The minimum absolute atomic E-state index is 0.0806. The molecule has 1 aromatic carbocycles. The molecule has 11 heteroatoms. The number of imide groups is 1. The zero-order valence-corrected chi connectivity index (χ0v) is 17.3. The van der Waals surface area contributed by atoms with Crippen LogP contribution in [0.15, 0.2) is 18.2 Å². The van der Waals surface area contributed by atoms with Crippen molar-refractivity contribution in [1.82, 2.24) is 10.3 Å². The van der Waals surface area contributed by atoms with Crippen molar-refractivity contribution in [1.29, 1.82) is 0 Å². The van der Waals surface area contributed by atoms with Gasteiger partial charge in [0.05, 0.1) is 22.3 Å². The molecule has 2 atom stereocenters. The molecule has 1 aromatic heterocycles. The van der Waals surface area contributed by atoms with Crippen LogP contribution in [0.2, 0.25) is 0 Å². The molecular weight excluding hydrogens is 421 g/mol. The van der Waals surface area contributed by atoms with Crippen molar-refractivity contribution < 1.29 is 27.5 Å². The second-order valence-electron chi connectivity index (χ2n) is 7.57. The van der Waals surface area contributed by atoms with E-state index in [2.05, 4.69) is 15.0 Å². The van der Waals surface area contributed by atoms with E-state index < -0.39 is 36.0 Å². The van der Waals surface area contributed by atoms with Crippen LogP contribution < -0.4 is 20.7 Å². The fourth-order valence-corrected chi connectivity index (χ4v) is 4.31. The van der Waals surface area contributed by atoms with E-state index in [0.717, 1.165) is 28.7 Å². The predicted octanol–water partition coefficient (Wildman–Crippen LogP) is 3.18. The standard InChI is InChI=1S/C19H23F3N4O3S/c1-10(2)8-12(23)16(27)26(17(28)14-4-3-7-24-14)18-25-13-6-5-11(9-15(13)30-18)29-19(20,21)22/h5-6,9-10,12,14,24H,3-4,7-8,23H2,1-2H3/t12-,14+/m1/s1. The zero-order valence-electron chi connectivity index (χ0n) is 16.5. The van der Waals surface area contributed by atoms with Gasteiger partial charge in [-0.15, -0.1) is 13.2 Å². The van der Waals surface area contributed by atoms with Crippen LogP contribution in [0, 0.1) is 5.92 Å². The van der Waals surface area contributed by atoms with Crippen LogP contribution in [0.3, 0.4) is 0 Å². The first-order chi connectivity index (χ1) is 14.0. The number of carbonyl (C=O) groups excluding carboxylic acids is 2. The van der Waals surface area contributed by atoms with E-state index in [4.69, 9.17) is 5.73 Å². The number of alkyl halides is 3. The molecule has 0 radical (unpaired) electrons. The molecule has 0 bridgehead atoms. The number of nitrogens with two attached hydrogens (primary N) is 1. The predicted molar refractivity (Wildman–Crippen MR) is 107 cm³/mol. The number of aromatic nitrogens is 1. The van der Waals surface area contributed by atoms with Crippen molar-refractivity contribution in [3.8, 4) is 5.75 Å². The van der Waals surface area contributed by atoms with Gasteiger partial charge in [0, 0.05) is 6.07 Å². The number of nitrogens with zero attached hydrogens (tertiary/aromatic N) is 2. The van der Waals surface area contributed by atoms with Crippen molar-refractivity contribution >= 4 is 38.5 Å². The van der Waals surface area contributed by atoms with Crippen LogP contribution >= 0.6 is 11.3 Å². The highest BCUT2D eigenvalue weighted by Gasteiger charge is 2.36. The lowest BCUT2D eigenvalue weighted by molar-refractivity contribution is -0.274. The Morgan fingerprint density at radius 3 is 2.73 bits per heavy atom. The van der Waals surface area contributed by atoms with Crippen molar-refractivity contribution in [2.45, 2.75) is 51.6 Å². The van der Waals surface area contributed by atoms with Gasteiger partial charge in [-0.25, -0.2) is 9.88 Å². The van der Waals surface area contributed by atoms with E-state index in [1.807, 2.05) is 13.8 Å². The molecule has 164 valence electrons. The molecule has 0 saturated carbocycles. The number of nitrogens with one attached hydrogen (secondary N) is 1. The molecule has 1 aliphatic rings. The van der Waals surface area contributed by atoms with Gasteiger partial charge in [-0.3, -0.25) is 9.59 Å². The van der Waals surface area contributed by atoms with Gasteiger partial charge in [0.15, 0.2) is 5.13 Å². The Bertz CT molecular complexity index is 925. The van der Waals surface area contributed by atoms with Crippen LogP contribution in [-0.4, -0.2) is 41.8 Å². The van der Waals surface area contributed by atoms with Gasteiger partial charge in [0.25, 0.3) is 11.8 Å². The molecule has 0 spiro atoms. The number of amides is 2. The number of thiazole rings is 1. The summed E-state index contributed by atoms with van der Waals surface area (Å²) in [7, 11) is 0. The maximum Gasteiger partial charge on any atom is 0.573 e. The Labute approximate surface area is 175 Å². The fourth-order valence-electron chi connectivity index (χ4n) is 3.31. The highest BCUT2D eigenvalue weighted by Crippen LogP contribution is 2.34. The number of rotatable bonds is 6. The van der Waals surface area contributed by atoms with Crippen LogP contribution in [0.4, 0.5) is 18.3 Å². The summed E-state index contributed by atoms with van der Waals surface area (Å²) in [5.74, 6) is -1.29. The molecule has 7 nitrogen and oxygen atoms in total. The Hall–Kier alpha value is -2.24. The van der Waals surface area contributed by atoms with Crippen LogP contribution in [0.25, 0.3) is 10.2 Å². The smallest absolute Gasteiger partial charge is 0.406 e. The molecule has 1 fully saturated rings. The monoisotopic (exact) mass is 444 g/mol. The normalized spacial score (nSPS) is 18.0. The summed E-state index contributed by atoms with van der Waals surface area (Å²) in [5, 5.41) is 3.14. The number of ether oxygens (including phenoxy) is 1. The summed E-state index contributed by atoms with van der Waals surface area (Å²) in [6.07, 6.45) is -3.06. The number of anilines is 1. The van der Waals surface area contributed by atoms with E-state index >= 15 is 0 Å². The summed E-state index contributed by atoms with van der Waals surface area (Å²) in [6.45, 7) is 4.49. The van der Waals surface area contributed by atoms with E-state index in [1.54, 1.807) is 0 Å². The first-order valence-electron chi connectivity index (χ1n) is 9.58. The summed E-state index contributed by atoms with van der Waals surface area (Å²) in [5.41, 5.74) is 6.40. The summed E-state index contributed by atoms with van der Waals surface area (Å²) >= 11 is 0.940. The maximum absolute atomic E-state index is 13.1. The molecule has 0 aliphatic carbocycles. The summed E-state index contributed by atoms with van der Waals surface area (Å²) in [6, 6.07) is 2.24. The molecule has 30 heavy (non-hydrogen) atoms. The molecule has 3 rings (SSSR count). The number of hydrogen-bond acceptors (Lipinski definition) is 7. The molecule has 2 heterocycles. The number of fused-ring (bicyclic) bond motifs is 1. The molecule has 1 aliphatic heterocycles. The zero-order chi connectivity index (χ0) is 22.1. The second kappa shape index (κ2) is 8.86. The van der Waals surface area contributed by atoms with E-state index in [1.165, 1.54) is 12.1 Å². The number of carbonyl (C=O) groups is 2. The number of halogens is 3. The Balaban J connectivity index is 1.96. The van der Waals surface area contributed by atoms with Crippen LogP contribution in [0.5, 0.6) is 5.75 Å². The average Bonchev–Trinajstić information content (AvgIpc) is 3.29. The van der Waals surface area contributed by atoms with Gasteiger partial charge in [-0.1, -0.05) is 25.2 Å². The summed E-state index contributed by atoms with van der Waals surface area (Å²) in [4.78, 5) is 31.4. The van der Waals surface area contributed by atoms with Gasteiger partial charge in [0.1, 0.15) is 5.75 Å². The third kappa shape index (κ3) is 5.27. The number of hydrogen-bond donors (Lipinski definition) is 2. The Morgan fingerprint density at radius 2 is 2.13 bits per heavy atom. The first-order valence-corrected chi connectivity index (χ1v) is 10.4. The summed E-state index contributed by atoms with van der Waals surface area (Å²) < 4.78 is 41.8. The first kappa shape index (κ1) is 22.4. The molecular formula is C19H23F3N4O3S. The van der Waals surface area contributed by atoms with Gasteiger partial charge in [-0.2, -0.15) is 0 Å². The lowest BCUT2D eigenvalue weighted by atomic mass is 10.0. The Morgan fingerprint density at radius 1 is 1.40 bits per heavy atom. The van der Waals surface area contributed by atoms with Gasteiger partial charge in [0.2, 0.25) is 0 Å². The van der Waals surface area contributed by atoms with Gasteiger partial charge < -0.3 is 15.8 Å². The third-order valence-corrected chi connectivity index (χ3v) is 5.62. The lowest BCUT2D eigenvalue weighted by Crippen LogP contribution is -2.52. The highest BCUT2D eigenvalue weighted by molar-refractivity contribution is 7.22. The van der Waals surface area contributed by atoms with E-state index in [-0.39, 0.29) is 11.0 Å². The van der Waals surface area contributed by atoms with Crippen LogP contribution in [0.1, 0.15) is 33.1 Å². The minimum Gasteiger partial charge on any atom is -0.406 e. The van der Waals surface area contributed by atoms with Crippen molar-refractivity contribution in [2.24, 2.45) is 11.7 Å². The topological polar surface area (TPSA) is 97.6 Å². The Kier molecular flexibility index (Phi) is 6.63. The minimum atomic E-state index is -4.82. The van der Waals surface area contributed by atoms with E-state index in [0.29, 0.717) is 29.6 Å². The van der Waals surface area contributed by atoms with Gasteiger partial charge >= 0.3 is 6.36 Å². The maximum atomic E-state index is 13.1. The fraction of sp³-hybridized carbons (Fsp3) is 0.526. The highest BCUT2D eigenvalue weighted by atomic mass is 32.1. The molecule has 2 aromatic rings. The largest absolute Gasteiger partial charge is 0.573 e. The molecule has 2 amide bonds. The molecule has 0 unspecified atom stereocenters. The molecule has 3 N–H and O–H groups in total. The van der Waals surface area contributed by atoms with Crippen molar-refractivity contribution in [2.75, 3.05) is 11.4 Å². The van der Waals surface area contributed by atoms with E-state index in [9.17, 15) is 22.8 Å². The van der Waals surface area contributed by atoms with Gasteiger partial charge in [-0.05, 0) is 43.9 Å². The quantitative estimate of drug-likeness (QED) is 0.710. The number of benzene rings is 1. The van der Waals surface area contributed by atoms with Crippen molar-refractivity contribution in [3.63, 3.8) is 0 Å². The lowest BCUT2D eigenvalue weighted by Gasteiger charge is -2.25. The molecule has 1 saturated heterocycles. The SMILES string of the molecule is CC(C)C[C@@H](N)C(=O)N(C(=O)[C@@H]1CCCN1)c1nc2ccc(OC(F)(F)F)cc2s1. The third-order valence-electron chi connectivity index (χ3n) is 4.62. The average molecular weight is 444 g/mol.